The smallest absolute Gasteiger partial charge is 0.0642 e. The summed E-state index contributed by atoms with van der Waals surface area (Å²) in [6.45, 7) is 0.522. The molecule has 110 valence electrons. The van der Waals surface area contributed by atoms with E-state index in [0.717, 1.165) is 0 Å². The third-order valence-electron chi connectivity index (χ3n) is 3.08. The number of nitrogens with two attached hydrogens (primary N) is 1. The van der Waals surface area contributed by atoms with Crippen LogP contribution in [0.2, 0.25) is 0 Å². The Bertz CT molecular complexity index is 586. The summed E-state index contributed by atoms with van der Waals surface area (Å²) >= 11 is 0. The number of hydroxylamine groups is 2. The molecule has 0 spiro atoms. The molecule has 0 amide bonds. The lowest BCUT2D eigenvalue weighted by molar-refractivity contribution is -0.287. The van der Waals surface area contributed by atoms with Crippen LogP contribution < -0.4 is 21.1 Å². The Morgan fingerprint density at radius 1 is 0.950 bits per heavy atom. The molecule has 0 aliphatic carbocycles. The normalized spacial score (nSPS) is 13.6. The molecule has 0 aromatic heterocycles. The summed E-state index contributed by atoms with van der Waals surface area (Å²) in [4.78, 5) is 1.77. The fourth-order valence-electron chi connectivity index (χ4n) is 2.14. The predicted octanol–water partition coefficient (Wildman–Crippen LogP) is -2.15. The molecule has 1 aliphatic rings. The number of aliphatic hydroxyl groups excluding tert-OH is 2. The van der Waals surface area contributed by atoms with Gasteiger partial charge in [0, 0.05) is 34.9 Å². The van der Waals surface area contributed by atoms with Crippen molar-refractivity contribution in [2.45, 2.75) is 0 Å². The van der Waals surface area contributed by atoms with E-state index in [2.05, 4.69) is 0 Å². The summed E-state index contributed by atoms with van der Waals surface area (Å²) in [6, 6.07) is 3.41. The van der Waals surface area contributed by atoms with Gasteiger partial charge in [-0.25, -0.2) is 0 Å². The van der Waals surface area contributed by atoms with Crippen molar-refractivity contribution in [1.29, 1.82) is 0 Å². The van der Waals surface area contributed by atoms with Crippen LogP contribution in [0.1, 0.15) is 0 Å². The number of benzene rings is 1. The average molecular weight is 282 g/mol. The molecule has 0 saturated carbocycles. The minimum Gasteiger partial charge on any atom is -0.398 e. The fraction of sp³-hybridized carbons (Fsp3) is 0.333. The zero-order valence-electron chi connectivity index (χ0n) is 10.8. The fourth-order valence-corrected chi connectivity index (χ4v) is 2.14. The van der Waals surface area contributed by atoms with Crippen molar-refractivity contribution in [1.82, 2.24) is 10.3 Å². The Morgan fingerprint density at radius 2 is 1.50 bits per heavy atom. The zero-order valence-corrected chi connectivity index (χ0v) is 10.8. The van der Waals surface area contributed by atoms with Crippen LogP contribution in [0, 0.1) is 0 Å². The summed E-state index contributed by atoms with van der Waals surface area (Å²) in [7, 11) is 0. The van der Waals surface area contributed by atoms with Crippen LogP contribution in [0.5, 0.6) is 0 Å². The minimum absolute atomic E-state index is 0.0716. The first-order valence-electron chi connectivity index (χ1n) is 6.13. The highest BCUT2D eigenvalue weighted by Crippen LogP contribution is 2.10. The third kappa shape index (κ3) is 2.63. The number of hydrazine groups is 1. The molecule has 8 nitrogen and oxygen atoms in total. The number of nitrogen functional groups attached to an aromatic ring is 1. The standard InChI is InChI=1S/C12H18N4O4/c13-11-1-2-12(14(3-5-17)4-6-18)10-8-16(20)15(19)7-9(10)11/h1-2,7-8,17-20H,3-6,13H2. The molecule has 1 aromatic rings. The summed E-state index contributed by atoms with van der Waals surface area (Å²) in [5.74, 6) is 0. The van der Waals surface area contributed by atoms with E-state index in [1.165, 1.54) is 12.4 Å². The van der Waals surface area contributed by atoms with Crippen LogP contribution >= 0.6 is 0 Å². The van der Waals surface area contributed by atoms with E-state index in [1.807, 2.05) is 0 Å². The van der Waals surface area contributed by atoms with Crippen molar-refractivity contribution in [3.63, 3.8) is 0 Å². The molecule has 1 aliphatic heterocycles. The van der Waals surface area contributed by atoms with Crippen LogP contribution in [0.25, 0.3) is 12.4 Å². The largest absolute Gasteiger partial charge is 0.398 e. The van der Waals surface area contributed by atoms with Gasteiger partial charge in [-0.15, -0.1) is 10.3 Å². The van der Waals surface area contributed by atoms with E-state index >= 15 is 0 Å². The lowest BCUT2D eigenvalue weighted by Gasteiger charge is -2.28. The number of hydrogen-bond donors (Lipinski definition) is 5. The monoisotopic (exact) mass is 282 g/mol. The molecule has 1 aromatic carbocycles. The van der Waals surface area contributed by atoms with E-state index < -0.39 is 0 Å². The maximum atomic E-state index is 9.55. The van der Waals surface area contributed by atoms with E-state index in [0.29, 0.717) is 45.2 Å². The van der Waals surface area contributed by atoms with E-state index in [-0.39, 0.29) is 13.2 Å². The lowest BCUT2D eigenvalue weighted by atomic mass is 10.1. The highest BCUT2D eigenvalue weighted by Gasteiger charge is 2.14. The molecule has 0 fully saturated rings. The molecular formula is C12H18N4O4. The van der Waals surface area contributed by atoms with Crippen LogP contribution in [-0.2, 0) is 0 Å². The summed E-state index contributed by atoms with van der Waals surface area (Å²) < 4.78 is 0. The number of fused-ring (bicyclic) bond motifs is 1. The van der Waals surface area contributed by atoms with Gasteiger partial charge >= 0.3 is 0 Å². The van der Waals surface area contributed by atoms with Crippen molar-refractivity contribution in [3.05, 3.63) is 22.6 Å². The number of rotatable bonds is 5. The van der Waals surface area contributed by atoms with Crippen molar-refractivity contribution in [2.75, 3.05) is 36.9 Å². The second-order valence-electron chi connectivity index (χ2n) is 4.33. The van der Waals surface area contributed by atoms with Gasteiger partial charge < -0.3 is 20.8 Å². The Kier molecular flexibility index (Phi) is 4.30. The molecule has 0 unspecified atom stereocenters. The van der Waals surface area contributed by atoms with Crippen LogP contribution in [0.3, 0.4) is 0 Å². The van der Waals surface area contributed by atoms with Crippen LogP contribution in [-0.4, -0.2) is 57.3 Å². The zero-order chi connectivity index (χ0) is 14.7. The Balaban J connectivity index is 2.59. The first kappa shape index (κ1) is 14.4. The Hall–Kier alpha value is -2.00. The minimum atomic E-state index is -0.0716. The average Bonchev–Trinajstić information content (AvgIpc) is 2.41. The van der Waals surface area contributed by atoms with E-state index in [9.17, 15) is 10.4 Å². The molecule has 0 saturated heterocycles. The molecule has 20 heavy (non-hydrogen) atoms. The van der Waals surface area contributed by atoms with Crippen molar-refractivity contribution >= 4 is 23.8 Å². The van der Waals surface area contributed by atoms with Crippen molar-refractivity contribution in [3.8, 4) is 0 Å². The second-order valence-corrected chi connectivity index (χ2v) is 4.33. The Morgan fingerprint density at radius 3 is 2.05 bits per heavy atom. The van der Waals surface area contributed by atoms with Crippen LogP contribution in [0.15, 0.2) is 12.1 Å². The molecule has 8 heteroatoms. The summed E-state index contributed by atoms with van der Waals surface area (Å²) in [6.07, 6.45) is 2.59. The lowest BCUT2D eigenvalue weighted by Crippen LogP contribution is -2.46. The highest BCUT2D eigenvalue weighted by molar-refractivity contribution is 5.60. The van der Waals surface area contributed by atoms with Gasteiger partial charge in [0.15, 0.2) is 0 Å². The van der Waals surface area contributed by atoms with E-state index in [1.54, 1.807) is 17.0 Å². The highest BCUT2D eigenvalue weighted by atomic mass is 16.7. The SMILES string of the molecule is Nc1ccc(N(CCO)CCO)c2c1=CN(O)N(O)C=2. The first-order chi connectivity index (χ1) is 9.58. The number of hydrogen-bond acceptors (Lipinski definition) is 8. The van der Waals surface area contributed by atoms with Gasteiger partial charge in [-0.3, -0.25) is 10.4 Å². The first-order valence-corrected chi connectivity index (χ1v) is 6.13. The number of aliphatic hydroxyl groups is 2. The molecule has 6 N–H and O–H groups in total. The maximum Gasteiger partial charge on any atom is 0.0642 e. The molecule has 1 heterocycles. The van der Waals surface area contributed by atoms with Gasteiger partial charge in [0.2, 0.25) is 0 Å². The van der Waals surface area contributed by atoms with Crippen LogP contribution in [0.4, 0.5) is 11.4 Å². The third-order valence-corrected chi connectivity index (χ3v) is 3.08. The predicted molar refractivity (Wildman–Crippen MR) is 72.7 cm³/mol. The second kappa shape index (κ2) is 5.97. The molecule has 2 rings (SSSR count). The molecule has 0 radical (unpaired) electrons. The van der Waals surface area contributed by atoms with Gasteiger partial charge in [0.1, 0.15) is 0 Å². The van der Waals surface area contributed by atoms with Gasteiger partial charge in [0.25, 0.3) is 0 Å². The Labute approximate surface area is 115 Å². The maximum absolute atomic E-state index is 9.55. The van der Waals surface area contributed by atoms with Crippen molar-refractivity contribution in [2.24, 2.45) is 0 Å². The van der Waals surface area contributed by atoms with Gasteiger partial charge in [0.05, 0.1) is 25.6 Å². The van der Waals surface area contributed by atoms with Gasteiger partial charge in [-0.2, -0.15) is 0 Å². The topological polar surface area (TPSA) is 117 Å². The van der Waals surface area contributed by atoms with Gasteiger partial charge in [-0.05, 0) is 12.1 Å². The number of nitrogens with zero attached hydrogens (tertiary/aromatic N) is 3. The molecular weight excluding hydrogens is 264 g/mol. The quantitative estimate of drug-likeness (QED) is 0.388. The molecule has 0 atom stereocenters. The van der Waals surface area contributed by atoms with Crippen molar-refractivity contribution < 1.29 is 20.6 Å². The van der Waals surface area contributed by atoms with E-state index in [4.69, 9.17) is 15.9 Å². The summed E-state index contributed by atoms with van der Waals surface area (Å²) in [5.41, 5.74) is 7.00. The number of anilines is 2. The summed E-state index contributed by atoms with van der Waals surface area (Å²) in [5, 5.41) is 39.4. The van der Waals surface area contributed by atoms with Gasteiger partial charge in [-0.1, -0.05) is 0 Å². The molecule has 0 bridgehead atoms.